The first-order chi connectivity index (χ1) is 7.75. The molecule has 4 heteroatoms. The quantitative estimate of drug-likeness (QED) is 0.819. The molecule has 1 heterocycles. The van der Waals surface area contributed by atoms with Crippen molar-refractivity contribution in [1.82, 2.24) is 5.32 Å². The maximum Gasteiger partial charge on any atom is 0.306 e. The predicted molar refractivity (Wildman–Crippen MR) is 58.9 cm³/mol. The highest BCUT2D eigenvalue weighted by atomic mass is 16.4. The zero-order valence-electron chi connectivity index (χ0n) is 9.19. The van der Waals surface area contributed by atoms with Gasteiger partial charge in [0.05, 0.1) is 18.4 Å². The lowest BCUT2D eigenvalue weighted by Crippen LogP contribution is -2.35. The summed E-state index contributed by atoms with van der Waals surface area (Å²) in [5.74, 6) is -0.828. The second kappa shape index (κ2) is 5.16. The number of rotatable bonds is 4. The lowest BCUT2D eigenvalue weighted by atomic mass is 9.86. The fourth-order valence-corrected chi connectivity index (χ4v) is 2.25. The van der Waals surface area contributed by atoms with E-state index in [4.69, 9.17) is 9.52 Å². The van der Waals surface area contributed by atoms with Gasteiger partial charge in [0.25, 0.3) is 0 Å². The van der Waals surface area contributed by atoms with Crippen LogP contribution in [-0.2, 0) is 11.3 Å². The van der Waals surface area contributed by atoms with Crippen molar-refractivity contribution < 1.29 is 14.3 Å². The third kappa shape index (κ3) is 2.85. The Bertz CT molecular complexity index is 334. The van der Waals surface area contributed by atoms with Crippen LogP contribution in [-0.4, -0.2) is 17.1 Å². The summed E-state index contributed by atoms with van der Waals surface area (Å²) in [6.45, 7) is 0.757. The molecule has 16 heavy (non-hydrogen) atoms. The van der Waals surface area contributed by atoms with Crippen LogP contribution in [0.1, 0.15) is 31.2 Å². The summed E-state index contributed by atoms with van der Waals surface area (Å²) >= 11 is 0. The van der Waals surface area contributed by atoms with Gasteiger partial charge in [-0.25, -0.2) is 0 Å². The first kappa shape index (κ1) is 11.2. The van der Waals surface area contributed by atoms with E-state index in [1.807, 2.05) is 6.07 Å². The van der Waals surface area contributed by atoms with Gasteiger partial charge in [-0.3, -0.25) is 4.79 Å². The Morgan fingerprint density at radius 3 is 3.12 bits per heavy atom. The first-order valence-electron chi connectivity index (χ1n) is 5.73. The van der Waals surface area contributed by atoms with Crippen molar-refractivity contribution in [3.63, 3.8) is 0 Å². The molecule has 2 atom stereocenters. The molecule has 1 aliphatic carbocycles. The summed E-state index contributed by atoms with van der Waals surface area (Å²) in [6, 6.07) is 2.24. The van der Waals surface area contributed by atoms with E-state index in [-0.39, 0.29) is 5.92 Å². The molecular weight excluding hydrogens is 206 g/mol. The van der Waals surface area contributed by atoms with Crippen molar-refractivity contribution in [2.45, 2.75) is 38.3 Å². The molecule has 1 aromatic heterocycles. The van der Waals surface area contributed by atoms with Crippen molar-refractivity contribution in [3.05, 3.63) is 24.2 Å². The van der Waals surface area contributed by atoms with E-state index in [2.05, 4.69) is 5.32 Å². The van der Waals surface area contributed by atoms with Crippen LogP contribution in [0.4, 0.5) is 0 Å². The van der Waals surface area contributed by atoms with Gasteiger partial charge < -0.3 is 14.8 Å². The smallest absolute Gasteiger partial charge is 0.306 e. The molecule has 4 nitrogen and oxygen atoms in total. The van der Waals surface area contributed by atoms with E-state index in [0.29, 0.717) is 6.04 Å². The van der Waals surface area contributed by atoms with Gasteiger partial charge in [0.1, 0.15) is 0 Å². The second-order valence-electron chi connectivity index (χ2n) is 4.41. The summed E-state index contributed by atoms with van der Waals surface area (Å²) in [5, 5.41) is 12.4. The SMILES string of the molecule is O=C(O)C1CCCC(NCc2ccoc2)C1. The van der Waals surface area contributed by atoms with Gasteiger partial charge in [0, 0.05) is 18.2 Å². The normalized spacial score (nSPS) is 25.5. The molecule has 0 amide bonds. The number of furan rings is 1. The Balaban J connectivity index is 1.79. The van der Waals surface area contributed by atoms with E-state index in [1.54, 1.807) is 12.5 Å². The lowest BCUT2D eigenvalue weighted by Gasteiger charge is -2.27. The molecule has 0 aliphatic heterocycles. The second-order valence-corrected chi connectivity index (χ2v) is 4.41. The molecule has 0 aromatic carbocycles. The zero-order valence-corrected chi connectivity index (χ0v) is 9.19. The first-order valence-corrected chi connectivity index (χ1v) is 5.73. The average molecular weight is 223 g/mol. The van der Waals surface area contributed by atoms with Crippen LogP contribution >= 0.6 is 0 Å². The van der Waals surface area contributed by atoms with E-state index in [9.17, 15) is 4.79 Å². The van der Waals surface area contributed by atoms with E-state index in [1.165, 1.54) is 0 Å². The minimum atomic E-state index is -0.658. The van der Waals surface area contributed by atoms with Crippen molar-refractivity contribution in [2.24, 2.45) is 5.92 Å². The highest BCUT2D eigenvalue weighted by molar-refractivity contribution is 5.70. The fourth-order valence-electron chi connectivity index (χ4n) is 2.25. The molecule has 2 N–H and O–H groups in total. The molecule has 1 aromatic rings. The number of carboxylic acid groups (broad SMARTS) is 1. The Kier molecular flexibility index (Phi) is 3.62. The third-order valence-electron chi connectivity index (χ3n) is 3.20. The molecule has 0 radical (unpaired) electrons. The molecule has 2 unspecified atom stereocenters. The van der Waals surface area contributed by atoms with Gasteiger partial charge in [-0.1, -0.05) is 6.42 Å². The maximum atomic E-state index is 10.9. The molecule has 0 bridgehead atoms. The Hall–Kier alpha value is -1.29. The van der Waals surface area contributed by atoms with Gasteiger partial charge in [0.2, 0.25) is 0 Å². The van der Waals surface area contributed by atoms with Crippen LogP contribution in [0, 0.1) is 5.92 Å². The van der Waals surface area contributed by atoms with E-state index in [0.717, 1.165) is 37.8 Å². The van der Waals surface area contributed by atoms with Gasteiger partial charge >= 0.3 is 5.97 Å². The summed E-state index contributed by atoms with van der Waals surface area (Å²) < 4.78 is 4.98. The van der Waals surface area contributed by atoms with Gasteiger partial charge in [-0.15, -0.1) is 0 Å². The topological polar surface area (TPSA) is 62.5 Å². The van der Waals surface area contributed by atoms with Gasteiger partial charge in [-0.2, -0.15) is 0 Å². The van der Waals surface area contributed by atoms with Crippen LogP contribution in [0.25, 0.3) is 0 Å². The van der Waals surface area contributed by atoms with Gasteiger partial charge in [0.15, 0.2) is 0 Å². The summed E-state index contributed by atoms with van der Waals surface area (Å²) in [4.78, 5) is 10.9. The highest BCUT2D eigenvalue weighted by Crippen LogP contribution is 2.24. The number of hydrogen-bond acceptors (Lipinski definition) is 3. The molecule has 88 valence electrons. The Morgan fingerprint density at radius 1 is 1.56 bits per heavy atom. The van der Waals surface area contributed by atoms with Crippen LogP contribution in [0.15, 0.2) is 23.0 Å². The standard InChI is InChI=1S/C12H17NO3/c14-12(15)10-2-1-3-11(6-10)13-7-9-4-5-16-8-9/h4-5,8,10-11,13H,1-3,6-7H2,(H,14,15). The average Bonchev–Trinajstić information content (AvgIpc) is 2.79. The molecule has 0 saturated heterocycles. The minimum absolute atomic E-state index is 0.171. The number of aliphatic carboxylic acids is 1. The maximum absolute atomic E-state index is 10.9. The largest absolute Gasteiger partial charge is 0.481 e. The van der Waals surface area contributed by atoms with Crippen molar-refractivity contribution >= 4 is 5.97 Å². The Labute approximate surface area is 94.6 Å². The summed E-state index contributed by atoms with van der Waals surface area (Å²) in [6.07, 6.45) is 7.00. The number of carbonyl (C=O) groups is 1. The molecule has 1 saturated carbocycles. The van der Waals surface area contributed by atoms with E-state index >= 15 is 0 Å². The molecule has 2 rings (SSSR count). The highest BCUT2D eigenvalue weighted by Gasteiger charge is 2.26. The van der Waals surface area contributed by atoms with Crippen molar-refractivity contribution in [3.8, 4) is 0 Å². The van der Waals surface area contributed by atoms with Crippen LogP contribution < -0.4 is 5.32 Å². The van der Waals surface area contributed by atoms with Crippen LogP contribution in [0.3, 0.4) is 0 Å². The predicted octanol–water partition coefficient (Wildman–Crippen LogP) is 2.01. The number of carboxylic acids is 1. The van der Waals surface area contributed by atoms with E-state index < -0.39 is 5.97 Å². The number of nitrogens with one attached hydrogen (secondary N) is 1. The fraction of sp³-hybridized carbons (Fsp3) is 0.583. The molecule has 1 fully saturated rings. The van der Waals surface area contributed by atoms with Crippen molar-refractivity contribution in [1.29, 1.82) is 0 Å². The van der Waals surface area contributed by atoms with Gasteiger partial charge in [-0.05, 0) is 25.3 Å². The number of hydrogen-bond donors (Lipinski definition) is 2. The summed E-state index contributed by atoms with van der Waals surface area (Å²) in [5.41, 5.74) is 1.11. The van der Waals surface area contributed by atoms with Crippen molar-refractivity contribution in [2.75, 3.05) is 0 Å². The monoisotopic (exact) mass is 223 g/mol. The minimum Gasteiger partial charge on any atom is -0.481 e. The van der Waals surface area contributed by atoms with Crippen LogP contribution in [0.2, 0.25) is 0 Å². The molecule has 0 spiro atoms. The van der Waals surface area contributed by atoms with Crippen LogP contribution in [0.5, 0.6) is 0 Å². The Morgan fingerprint density at radius 2 is 2.44 bits per heavy atom. The molecular formula is C12H17NO3. The zero-order chi connectivity index (χ0) is 11.4. The third-order valence-corrected chi connectivity index (χ3v) is 3.20. The lowest BCUT2D eigenvalue weighted by molar-refractivity contribution is -0.143. The summed E-state index contributed by atoms with van der Waals surface area (Å²) in [7, 11) is 0. The molecule has 1 aliphatic rings.